The zero-order valence-corrected chi connectivity index (χ0v) is 13.3. The molecule has 122 valence electrons. The van der Waals surface area contributed by atoms with Gasteiger partial charge in [0.15, 0.2) is 0 Å². The van der Waals surface area contributed by atoms with Gasteiger partial charge in [0.2, 0.25) is 0 Å². The summed E-state index contributed by atoms with van der Waals surface area (Å²) in [5.41, 5.74) is 2.20. The summed E-state index contributed by atoms with van der Waals surface area (Å²) in [7, 11) is 3.77. The first-order valence-electron chi connectivity index (χ1n) is 7.13. The maximum Gasteiger partial charge on any atom is 0.287 e. The Kier molecular flexibility index (Phi) is 5.23. The summed E-state index contributed by atoms with van der Waals surface area (Å²) in [6, 6.07) is 6.44. The molecule has 0 saturated heterocycles. The monoisotopic (exact) mass is 318 g/mol. The zero-order valence-electron chi connectivity index (χ0n) is 13.3. The molecule has 0 unspecified atom stereocenters. The number of hydrogen-bond acceptors (Lipinski definition) is 5. The molecule has 23 heavy (non-hydrogen) atoms. The fourth-order valence-electron chi connectivity index (χ4n) is 2.23. The Morgan fingerprint density at radius 2 is 2.09 bits per heavy atom. The summed E-state index contributed by atoms with van der Waals surface area (Å²) in [5, 5.41) is 13.8. The van der Waals surface area contributed by atoms with Crippen LogP contribution in [-0.4, -0.2) is 28.9 Å². The highest BCUT2D eigenvalue weighted by molar-refractivity contribution is 5.48. The van der Waals surface area contributed by atoms with Crippen LogP contribution in [0.1, 0.15) is 16.7 Å². The fourth-order valence-corrected chi connectivity index (χ4v) is 2.23. The quantitative estimate of drug-likeness (QED) is 0.654. The smallest absolute Gasteiger partial charge is 0.287 e. The summed E-state index contributed by atoms with van der Waals surface area (Å²) in [4.78, 5) is 16.2. The highest BCUT2D eigenvalue weighted by atomic mass is 19.1. The van der Waals surface area contributed by atoms with Crippen molar-refractivity contribution < 1.29 is 9.31 Å². The predicted molar refractivity (Wildman–Crippen MR) is 86.7 cm³/mol. The van der Waals surface area contributed by atoms with E-state index in [-0.39, 0.29) is 11.5 Å². The van der Waals surface area contributed by atoms with Crippen molar-refractivity contribution in [2.75, 3.05) is 19.4 Å². The lowest BCUT2D eigenvalue weighted by molar-refractivity contribution is -0.385. The molecule has 0 atom stereocenters. The lowest BCUT2D eigenvalue weighted by Crippen LogP contribution is -2.12. The largest absolute Gasteiger partial charge is 0.366 e. The van der Waals surface area contributed by atoms with Crippen molar-refractivity contribution in [1.29, 1.82) is 0 Å². The molecule has 1 heterocycles. The van der Waals surface area contributed by atoms with E-state index in [4.69, 9.17) is 0 Å². The second-order valence-corrected chi connectivity index (χ2v) is 5.63. The van der Waals surface area contributed by atoms with E-state index in [1.807, 2.05) is 25.1 Å². The average Bonchev–Trinajstić information content (AvgIpc) is 2.48. The van der Waals surface area contributed by atoms with Crippen LogP contribution >= 0.6 is 0 Å². The number of rotatable bonds is 6. The maximum absolute atomic E-state index is 13.8. The van der Waals surface area contributed by atoms with Crippen molar-refractivity contribution in [3.05, 3.63) is 63.1 Å². The minimum Gasteiger partial charge on any atom is -0.366 e. The molecule has 0 saturated carbocycles. The molecule has 0 fully saturated rings. The van der Waals surface area contributed by atoms with Gasteiger partial charge in [0.05, 0.1) is 4.92 Å². The second kappa shape index (κ2) is 7.15. The van der Waals surface area contributed by atoms with Gasteiger partial charge in [-0.05, 0) is 44.3 Å². The van der Waals surface area contributed by atoms with Gasteiger partial charge in [-0.2, -0.15) is 0 Å². The topological polar surface area (TPSA) is 71.3 Å². The van der Waals surface area contributed by atoms with Crippen molar-refractivity contribution in [2.24, 2.45) is 0 Å². The van der Waals surface area contributed by atoms with Crippen LogP contribution in [0.25, 0.3) is 0 Å². The van der Waals surface area contributed by atoms with Gasteiger partial charge < -0.3 is 10.2 Å². The Bertz CT molecular complexity index is 719. The number of nitro groups is 1. The summed E-state index contributed by atoms with van der Waals surface area (Å²) in [5.74, 6) is 0.348. The second-order valence-electron chi connectivity index (χ2n) is 5.63. The van der Waals surface area contributed by atoms with E-state index in [2.05, 4.69) is 10.3 Å². The first-order chi connectivity index (χ1) is 10.9. The number of hydrogen-bond donors (Lipinski definition) is 1. The minimum atomic E-state index is -0.475. The first kappa shape index (κ1) is 16.8. The molecule has 1 aromatic carbocycles. The van der Waals surface area contributed by atoms with Crippen LogP contribution in [0.3, 0.4) is 0 Å². The summed E-state index contributed by atoms with van der Waals surface area (Å²) in [6.45, 7) is 2.74. The number of anilines is 1. The number of aryl methyl sites for hydroxylation is 1. The molecule has 1 N–H and O–H groups in total. The maximum atomic E-state index is 13.8. The minimum absolute atomic E-state index is 0.0388. The number of nitrogens with zero attached hydrogens (tertiary/aromatic N) is 3. The molecule has 0 radical (unpaired) electrons. The normalized spacial score (nSPS) is 10.8. The van der Waals surface area contributed by atoms with Gasteiger partial charge in [-0.3, -0.25) is 10.1 Å². The third-order valence-corrected chi connectivity index (χ3v) is 3.33. The highest BCUT2D eigenvalue weighted by Gasteiger charge is 2.10. The van der Waals surface area contributed by atoms with Gasteiger partial charge in [0.1, 0.15) is 17.8 Å². The molecule has 0 bridgehead atoms. The number of halogens is 1. The molecule has 1 aromatic heterocycles. The molecular formula is C16H19FN4O2. The number of aromatic nitrogens is 1. The van der Waals surface area contributed by atoms with Crippen LogP contribution in [0.4, 0.5) is 15.9 Å². The van der Waals surface area contributed by atoms with Crippen LogP contribution in [0.2, 0.25) is 0 Å². The standard InChI is InChI=1S/C16H19FN4O2/c1-11-6-14(21(22)23)9-19-16(11)18-8-12-4-5-15(17)13(7-12)10-20(2)3/h4-7,9H,8,10H2,1-3H3,(H,18,19). The average molecular weight is 318 g/mol. The van der Waals surface area contributed by atoms with Gasteiger partial charge in [-0.15, -0.1) is 0 Å². The SMILES string of the molecule is Cc1cc([N+](=O)[O-])cnc1NCc1ccc(F)c(CN(C)C)c1. The van der Waals surface area contributed by atoms with E-state index in [9.17, 15) is 14.5 Å². The summed E-state index contributed by atoms with van der Waals surface area (Å²) >= 11 is 0. The van der Waals surface area contributed by atoms with Crippen molar-refractivity contribution in [3.8, 4) is 0 Å². The van der Waals surface area contributed by atoms with Crippen LogP contribution < -0.4 is 5.32 Å². The molecule has 0 aliphatic carbocycles. The predicted octanol–water partition coefficient (Wildman–Crippen LogP) is 3.11. The number of nitrogens with one attached hydrogen (secondary N) is 1. The third-order valence-electron chi connectivity index (χ3n) is 3.33. The van der Waals surface area contributed by atoms with E-state index >= 15 is 0 Å². The molecule has 6 nitrogen and oxygen atoms in total. The van der Waals surface area contributed by atoms with E-state index in [0.29, 0.717) is 30.0 Å². The Morgan fingerprint density at radius 1 is 1.35 bits per heavy atom. The molecule has 0 aliphatic rings. The fraction of sp³-hybridized carbons (Fsp3) is 0.312. The van der Waals surface area contributed by atoms with E-state index in [0.717, 1.165) is 5.56 Å². The first-order valence-corrected chi connectivity index (χ1v) is 7.13. The highest BCUT2D eigenvalue weighted by Crippen LogP contribution is 2.19. The van der Waals surface area contributed by atoms with Gasteiger partial charge in [0.25, 0.3) is 5.69 Å². The van der Waals surface area contributed by atoms with E-state index in [1.165, 1.54) is 18.3 Å². The van der Waals surface area contributed by atoms with Crippen molar-refractivity contribution in [2.45, 2.75) is 20.0 Å². The summed E-state index contributed by atoms with van der Waals surface area (Å²) in [6.07, 6.45) is 1.22. The molecular weight excluding hydrogens is 299 g/mol. The Hall–Kier alpha value is -2.54. The third kappa shape index (κ3) is 4.46. The molecule has 0 aliphatic heterocycles. The van der Waals surface area contributed by atoms with Gasteiger partial charge >= 0.3 is 0 Å². The van der Waals surface area contributed by atoms with Gasteiger partial charge in [-0.25, -0.2) is 9.37 Å². The van der Waals surface area contributed by atoms with Crippen LogP contribution in [0, 0.1) is 22.9 Å². The van der Waals surface area contributed by atoms with E-state index in [1.54, 1.807) is 13.0 Å². The molecule has 2 rings (SSSR count). The lowest BCUT2D eigenvalue weighted by atomic mass is 10.1. The molecule has 7 heteroatoms. The number of benzene rings is 1. The van der Waals surface area contributed by atoms with Crippen molar-refractivity contribution >= 4 is 11.5 Å². The zero-order chi connectivity index (χ0) is 17.0. The summed E-state index contributed by atoms with van der Waals surface area (Å²) < 4.78 is 13.8. The molecule has 0 spiro atoms. The lowest BCUT2D eigenvalue weighted by Gasteiger charge is -2.13. The van der Waals surface area contributed by atoms with E-state index < -0.39 is 4.92 Å². The van der Waals surface area contributed by atoms with Crippen LogP contribution in [-0.2, 0) is 13.1 Å². The van der Waals surface area contributed by atoms with Crippen LogP contribution in [0.5, 0.6) is 0 Å². The molecule has 2 aromatic rings. The Morgan fingerprint density at radius 3 is 2.70 bits per heavy atom. The van der Waals surface area contributed by atoms with Crippen molar-refractivity contribution in [1.82, 2.24) is 9.88 Å². The Labute approximate surface area is 134 Å². The van der Waals surface area contributed by atoms with Crippen molar-refractivity contribution in [3.63, 3.8) is 0 Å². The van der Waals surface area contributed by atoms with Gasteiger partial charge in [0, 0.05) is 24.7 Å². The number of pyridine rings is 1. The van der Waals surface area contributed by atoms with Gasteiger partial charge in [-0.1, -0.05) is 6.07 Å². The Balaban J connectivity index is 2.10. The molecule has 0 amide bonds. The van der Waals surface area contributed by atoms with Crippen LogP contribution in [0.15, 0.2) is 30.5 Å².